The van der Waals surface area contributed by atoms with Crippen molar-refractivity contribution >= 4 is 22.6 Å². The van der Waals surface area contributed by atoms with Crippen LogP contribution in [0.1, 0.15) is 28.6 Å². The first-order chi connectivity index (χ1) is 12.5. The van der Waals surface area contributed by atoms with Gasteiger partial charge in [0.25, 0.3) is 0 Å². The quantitative estimate of drug-likeness (QED) is 0.520. The van der Waals surface area contributed by atoms with E-state index in [4.69, 9.17) is 19.1 Å². The number of rotatable bonds is 6. The minimum atomic E-state index is -0.968. The maximum Gasteiger partial charge on any atom is 0.342 e. The zero-order valence-electron chi connectivity index (χ0n) is 14.4. The monoisotopic (exact) mass is 357 g/mol. The van der Waals surface area contributed by atoms with Gasteiger partial charge >= 0.3 is 5.97 Å². The molecule has 1 aromatic heterocycles. The number of hydrogen-bond donors (Lipinski definition) is 2. The van der Waals surface area contributed by atoms with Crippen LogP contribution in [0.5, 0.6) is 5.75 Å². The van der Waals surface area contributed by atoms with Crippen LogP contribution in [-0.2, 0) is 11.3 Å². The summed E-state index contributed by atoms with van der Waals surface area (Å²) >= 11 is 0. The molecule has 0 bridgehead atoms. The first-order valence-electron chi connectivity index (χ1n) is 8.15. The smallest absolute Gasteiger partial charge is 0.342 e. The third-order valence-electron chi connectivity index (χ3n) is 3.92. The molecule has 3 aromatic rings. The fourth-order valence-electron chi connectivity index (χ4n) is 2.66. The maximum atomic E-state index is 12.1. The van der Waals surface area contributed by atoms with Crippen molar-refractivity contribution in [1.29, 1.82) is 0 Å². The van der Waals surface area contributed by atoms with Crippen LogP contribution in [0.15, 0.2) is 46.9 Å². The normalized spacial score (nSPS) is 12.2. The number of esters is 1. The van der Waals surface area contributed by atoms with Crippen LogP contribution in [0.2, 0.25) is 0 Å². The van der Waals surface area contributed by atoms with Crippen molar-refractivity contribution in [2.75, 3.05) is 6.61 Å². The van der Waals surface area contributed by atoms with Gasteiger partial charge in [-0.05, 0) is 49.7 Å². The van der Waals surface area contributed by atoms with Gasteiger partial charge in [0.1, 0.15) is 29.3 Å². The summed E-state index contributed by atoms with van der Waals surface area (Å²) in [6, 6.07) is 11.7. The molecule has 0 saturated heterocycles. The lowest BCUT2D eigenvalue weighted by Crippen LogP contribution is -2.99. The molecule has 0 fully saturated rings. The topological polar surface area (TPSA) is 96.4 Å². The van der Waals surface area contributed by atoms with Gasteiger partial charge in [0.05, 0.1) is 6.61 Å². The van der Waals surface area contributed by atoms with Crippen LogP contribution in [0.25, 0.3) is 11.0 Å². The van der Waals surface area contributed by atoms with Gasteiger partial charge in [-0.25, -0.2) is 10.0 Å². The molecular formula is C19H19NO6. The first kappa shape index (κ1) is 17.9. The summed E-state index contributed by atoms with van der Waals surface area (Å²) < 4.78 is 16.5. The Hall–Kier alpha value is -2.87. The van der Waals surface area contributed by atoms with Crippen molar-refractivity contribution in [3.8, 4) is 5.75 Å². The maximum absolute atomic E-state index is 12.1. The standard InChI is InChI=1S/C19H19NO6/c1-3-24-19(21)18-12(2)26-17-9-8-15(10-16(17)18)25-11-13-4-6-14(7-5-13)20(22)23/h4-10,20,22H,3,11H2,1-2H3. The molecular weight excluding hydrogens is 338 g/mol. The molecule has 0 saturated carbocycles. The van der Waals surface area contributed by atoms with Crippen LogP contribution in [-0.4, -0.2) is 17.8 Å². The molecule has 1 heterocycles. The Bertz CT molecular complexity index is 914. The largest absolute Gasteiger partial charge is 0.595 e. The summed E-state index contributed by atoms with van der Waals surface area (Å²) in [6.07, 6.45) is 0. The number of benzene rings is 2. The van der Waals surface area contributed by atoms with E-state index in [1.807, 2.05) is 0 Å². The van der Waals surface area contributed by atoms with E-state index in [-0.39, 0.29) is 18.9 Å². The number of carbonyl (C=O) groups is 1. The fourth-order valence-corrected chi connectivity index (χ4v) is 2.66. The van der Waals surface area contributed by atoms with Crippen LogP contribution < -0.4 is 9.96 Å². The van der Waals surface area contributed by atoms with E-state index in [0.717, 1.165) is 5.56 Å². The second kappa shape index (κ2) is 7.57. The molecule has 0 aliphatic heterocycles. The number of carbonyl (C=O) groups excluding carboxylic acids is 1. The highest BCUT2D eigenvalue weighted by Gasteiger charge is 2.19. The molecule has 3 rings (SSSR count). The molecule has 7 heteroatoms. The number of aryl methyl sites for hydroxylation is 1. The Labute approximate surface area is 149 Å². The van der Waals surface area contributed by atoms with Crippen LogP contribution >= 0.6 is 0 Å². The van der Waals surface area contributed by atoms with Gasteiger partial charge in [0.15, 0.2) is 5.69 Å². The summed E-state index contributed by atoms with van der Waals surface area (Å²) in [5.41, 5.74) is 2.05. The molecule has 0 amide bonds. The second-order valence-electron chi connectivity index (χ2n) is 5.70. The lowest BCUT2D eigenvalue weighted by molar-refractivity contribution is -0.991. The third kappa shape index (κ3) is 3.70. The average molecular weight is 357 g/mol. The Kier molecular flexibility index (Phi) is 5.22. The summed E-state index contributed by atoms with van der Waals surface area (Å²) in [5.74, 6) is 0.649. The van der Waals surface area contributed by atoms with E-state index < -0.39 is 11.2 Å². The van der Waals surface area contributed by atoms with E-state index in [1.54, 1.807) is 44.2 Å². The fraction of sp³-hybridized carbons (Fsp3) is 0.211. The van der Waals surface area contributed by atoms with E-state index >= 15 is 0 Å². The Morgan fingerprint density at radius 2 is 1.96 bits per heavy atom. The highest BCUT2D eigenvalue weighted by atomic mass is 16.8. The highest BCUT2D eigenvalue weighted by molar-refractivity contribution is 6.04. The summed E-state index contributed by atoms with van der Waals surface area (Å²) in [4.78, 5) is 12.1. The van der Waals surface area contributed by atoms with Crippen molar-refractivity contribution < 1.29 is 29.1 Å². The zero-order chi connectivity index (χ0) is 18.7. The Morgan fingerprint density at radius 1 is 1.23 bits per heavy atom. The Morgan fingerprint density at radius 3 is 2.62 bits per heavy atom. The predicted molar refractivity (Wildman–Crippen MR) is 93.5 cm³/mol. The molecule has 2 aromatic carbocycles. The first-order valence-corrected chi connectivity index (χ1v) is 8.15. The molecule has 136 valence electrons. The lowest BCUT2D eigenvalue weighted by atomic mass is 10.1. The summed E-state index contributed by atoms with van der Waals surface area (Å²) in [5, 5.41) is 19.5. The molecule has 0 aliphatic rings. The SMILES string of the molecule is CCOC(=O)c1c(C)oc2ccc(OCc3ccc([NH+]([O-])O)cc3)cc12. The number of hydrogen-bond acceptors (Lipinski definition) is 6. The van der Waals surface area contributed by atoms with Crippen molar-refractivity contribution in [3.63, 3.8) is 0 Å². The molecule has 0 radical (unpaired) electrons. The number of nitrogens with one attached hydrogen (secondary N) is 1. The van der Waals surface area contributed by atoms with Crippen molar-refractivity contribution in [2.45, 2.75) is 20.5 Å². The van der Waals surface area contributed by atoms with E-state index in [9.17, 15) is 10.0 Å². The summed E-state index contributed by atoms with van der Waals surface area (Å²) in [7, 11) is 0. The van der Waals surface area contributed by atoms with Gasteiger partial charge in [0.2, 0.25) is 0 Å². The molecule has 7 nitrogen and oxygen atoms in total. The van der Waals surface area contributed by atoms with Gasteiger partial charge < -0.3 is 19.1 Å². The molecule has 2 N–H and O–H groups in total. The third-order valence-corrected chi connectivity index (χ3v) is 3.92. The van der Waals surface area contributed by atoms with Crippen LogP contribution in [0, 0.1) is 12.1 Å². The molecule has 1 atom stereocenters. The predicted octanol–water partition coefficient (Wildman–Crippen LogP) is 2.90. The number of quaternary nitrogens is 1. The van der Waals surface area contributed by atoms with Crippen molar-refractivity contribution in [1.82, 2.24) is 0 Å². The molecule has 0 spiro atoms. The van der Waals surface area contributed by atoms with Gasteiger partial charge in [-0.1, -0.05) is 0 Å². The number of fused-ring (bicyclic) bond motifs is 1. The molecule has 0 aliphatic carbocycles. The van der Waals surface area contributed by atoms with Gasteiger partial charge in [-0.15, -0.1) is 0 Å². The van der Waals surface area contributed by atoms with Crippen LogP contribution in [0.3, 0.4) is 0 Å². The number of ether oxygens (including phenoxy) is 2. The molecule has 26 heavy (non-hydrogen) atoms. The van der Waals surface area contributed by atoms with Crippen molar-refractivity contribution in [2.24, 2.45) is 0 Å². The number of furan rings is 1. The van der Waals surface area contributed by atoms with Gasteiger partial charge in [-0.2, -0.15) is 5.23 Å². The minimum absolute atomic E-state index is 0.225. The van der Waals surface area contributed by atoms with E-state index in [0.29, 0.717) is 28.0 Å². The van der Waals surface area contributed by atoms with Crippen molar-refractivity contribution in [3.05, 3.63) is 64.6 Å². The highest BCUT2D eigenvalue weighted by Crippen LogP contribution is 2.30. The van der Waals surface area contributed by atoms with E-state index in [2.05, 4.69) is 0 Å². The molecule has 1 unspecified atom stereocenters. The summed E-state index contributed by atoms with van der Waals surface area (Å²) in [6.45, 7) is 4.03. The average Bonchev–Trinajstić information content (AvgIpc) is 2.95. The van der Waals surface area contributed by atoms with Gasteiger partial charge in [-0.3, -0.25) is 0 Å². The second-order valence-corrected chi connectivity index (χ2v) is 5.70. The Balaban J connectivity index is 1.80. The zero-order valence-corrected chi connectivity index (χ0v) is 14.4. The van der Waals surface area contributed by atoms with E-state index in [1.165, 1.54) is 12.1 Å². The van der Waals surface area contributed by atoms with Crippen LogP contribution in [0.4, 0.5) is 5.69 Å². The van der Waals surface area contributed by atoms with Gasteiger partial charge in [0, 0.05) is 17.5 Å². The lowest BCUT2D eigenvalue weighted by Gasteiger charge is -2.12. The minimum Gasteiger partial charge on any atom is -0.595 e.